The van der Waals surface area contributed by atoms with Crippen molar-refractivity contribution in [3.05, 3.63) is 59.7 Å². The fourth-order valence-corrected chi connectivity index (χ4v) is 3.33. The highest BCUT2D eigenvalue weighted by molar-refractivity contribution is 5.85. The normalized spacial score (nSPS) is 17.6. The lowest BCUT2D eigenvalue weighted by Crippen LogP contribution is -2.46. The molecule has 0 bridgehead atoms. The van der Waals surface area contributed by atoms with Gasteiger partial charge in [-0.1, -0.05) is 30.3 Å². The van der Waals surface area contributed by atoms with E-state index < -0.39 is 0 Å². The van der Waals surface area contributed by atoms with Crippen LogP contribution in [0.25, 0.3) is 0 Å². The second kappa shape index (κ2) is 9.66. The SMILES string of the molecule is COc1ccc(CCN2CCNCC2c2ccccc2OC)cc1.Cl. The molecular weight excluding hydrogens is 336 g/mol. The number of nitrogens with zero attached hydrogens (tertiary/aromatic N) is 1. The van der Waals surface area contributed by atoms with Gasteiger partial charge in [-0.25, -0.2) is 0 Å². The largest absolute Gasteiger partial charge is 0.497 e. The third-order valence-corrected chi connectivity index (χ3v) is 4.70. The average molecular weight is 363 g/mol. The highest BCUT2D eigenvalue weighted by Crippen LogP contribution is 2.30. The number of benzene rings is 2. The van der Waals surface area contributed by atoms with Gasteiger partial charge in [0, 0.05) is 31.7 Å². The van der Waals surface area contributed by atoms with Crippen LogP contribution in [-0.4, -0.2) is 45.3 Å². The maximum Gasteiger partial charge on any atom is 0.123 e. The van der Waals surface area contributed by atoms with Gasteiger partial charge in [0.2, 0.25) is 0 Å². The molecule has 5 heteroatoms. The molecule has 2 aromatic rings. The molecule has 4 nitrogen and oxygen atoms in total. The molecule has 1 aliphatic heterocycles. The summed E-state index contributed by atoms with van der Waals surface area (Å²) >= 11 is 0. The summed E-state index contributed by atoms with van der Waals surface area (Å²) in [6, 6.07) is 17.1. The molecule has 0 spiro atoms. The average Bonchev–Trinajstić information content (AvgIpc) is 2.67. The summed E-state index contributed by atoms with van der Waals surface area (Å²) in [5.41, 5.74) is 2.61. The Balaban J connectivity index is 0.00000225. The molecule has 136 valence electrons. The van der Waals surface area contributed by atoms with E-state index in [0.29, 0.717) is 6.04 Å². The van der Waals surface area contributed by atoms with E-state index >= 15 is 0 Å². The number of methoxy groups -OCH3 is 2. The molecule has 0 aromatic heterocycles. The molecule has 1 aliphatic rings. The molecule has 1 atom stereocenters. The van der Waals surface area contributed by atoms with Gasteiger partial charge in [-0.2, -0.15) is 0 Å². The zero-order chi connectivity index (χ0) is 16.8. The predicted molar refractivity (Wildman–Crippen MR) is 104 cm³/mol. The Hall–Kier alpha value is -1.75. The first-order valence-electron chi connectivity index (χ1n) is 8.52. The molecule has 0 aliphatic carbocycles. The molecule has 0 saturated carbocycles. The summed E-state index contributed by atoms with van der Waals surface area (Å²) in [6.45, 7) is 4.09. The summed E-state index contributed by atoms with van der Waals surface area (Å²) in [5, 5.41) is 3.51. The van der Waals surface area contributed by atoms with Crippen LogP contribution in [0.1, 0.15) is 17.2 Å². The second-order valence-electron chi connectivity index (χ2n) is 6.10. The van der Waals surface area contributed by atoms with Gasteiger partial charge in [-0.3, -0.25) is 4.90 Å². The molecule has 1 N–H and O–H groups in total. The van der Waals surface area contributed by atoms with Crippen molar-refractivity contribution in [3.8, 4) is 11.5 Å². The first kappa shape index (κ1) is 19.6. The van der Waals surface area contributed by atoms with Gasteiger partial charge in [0.25, 0.3) is 0 Å². The van der Waals surface area contributed by atoms with Gasteiger partial charge in [0.1, 0.15) is 11.5 Å². The third-order valence-electron chi connectivity index (χ3n) is 4.70. The van der Waals surface area contributed by atoms with Crippen molar-refractivity contribution in [2.45, 2.75) is 12.5 Å². The van der Waals surface area contributed by atoms with Crippen LogP contribution in [0, 0.1) is 0 Å². The molecule has 1 fully saturated rings. The van der Waals surface area contributed by atoms with Crippen molar-refractivity contribution in [1.29, 1.82) is 0 Å². The van der Waals surface area contributed by atoms with Gasteiger partial charge >= 0.3 is 0 Å². The fraction of sp³-hybridized carbons (Fsp3) is 0.400. The van der Waals surface area contributed by atoms with Crippen molar-refractivity contribution < 1.29 is 9.47 Å². The summed E-state index contributed by atoms with van der Waals surface area (Å²) in [6.07, 6.45) is 1.04. The van der Waals surface area contributed by atoms with E-state index in [4.69, 9.17) is 9.47 Å². The molecule has 1 heterocycles. The first-order valence-corrected chi connectivity index (χ1v) is 8.52. The molecule has 0 amide bonds. The van der Waals surface area contributed by atoms with Crippen molar-refractivity contribution in [2.24, 2.45) is 0 Å². The zero-order valence-electron chi connectivity index (χ0n) is 14.9. The minimum atomic E-state index is 0. The third kappa shape index (κ3) is 4.88. The molecule has 2 aromatic carbocycles. The lowest BCUT2D eigenvalue weighted by atomic mass is 10.0. The van der Waals surface area contributed by atoms with Gasteiger partial charge in [0.15, 0.2) is 0 Å². The highest BCUT2D eigenvalue weighted by atomic mass is 35.5. The van der Waals surface area contributed by atoms with Crippen molar-refractivity contribution >= 4 is 12.4 Å². The second-order valence-corrected chi connectivity index (χ2v) is 6.10. The van der Waals surface area contributed by atoms with Gasteiger partial charge in [-0.15, -0.1) is 12.4 Å². The number of para-hydroxylation sites is 1. The number of nitrogens with one attached hydrogen (secondary N) is 1. The van der Waals surface area contributed by atoms with Gasteiger partial charge in [0.05, 0.1) is 20.3 Å². The Labute approximate surface area is 156 Å². The Morgan fingerprint density at radius 2 is 1.80 bits per heavy atom. The number of rotatable bonds is 6. The highest BCUT2D eigenvalue weighted by Gasteiger charge is 2.25. The van der Waals surface area contributed by atoms with E-state index in [1.165, 1.54) is 11.1 Å². The van der Waals surface area contributed by atoms with Crippen molar-refractivity contribution in [2.75, 3.05) is 40.4 Å². The van der Waals surface area contributed by atoms with E-state index in [1.54, 1.807) is 14.2 Å². The summed E-state index contributed by atoms with van der Waals surface area (Å²) in [7, 11) is 3.45. The molecule has 25 heavy (non-hydrogen) atoms. The van der Waals surface area contributed by atoms with Gasteiger partial charge in [-0.05, 0) is 30.2 Å². The number of ether oxygens (including phenoxy) is 2. The Morgan fingerprint density at radius 3 is 2.52 bits per heavy atom. The zero-order valence-corrected chi connectivity index (χ0v) is 15.7. The van der Waals surface area contributed by atoms with E-state index in [-0.39, 0.29) is 12.4 Å². The smallest absolute Gasteiger partial charge is 0.123 e. The van der Waals surface area contributed by atoms with Crippen LogP contribution in [0.5, 0.6) is 11.5 Å². The maximum atomic E-state index is 5.57. The van der Waals surface area contributed by atoms with Crippen molar-refractivity contribution in [3.63, 3.8) is 0 Å². The van der Waals surface area contributed by atoms with Crippen molar-refractivity contribution in [1.82, 2.24) is 10.2 Å². The minimum absolute atomic E-state index is 0. The molecule has 1 unspecified atom stereocenters. The van der Waals surface area contributed by atoms with Crippen LogP contribution >= 0.6 is 12.4 Å². The number of piperazine rings is 1. The molecule has 1 saturated heterocycles. The van der Waals surface area contributed by atoms with E-state index in [1.807, 2.05) is 24.3 Å². The van der Waals surface area contributed by atoms with Crippen LogP contribution in [0.15, 0.2) is 48.5 Å². The summed E-state index contributed by atoms with van der Waals surface area (Å²) in [5.74, 6) is 1.88. The standard InChI is InChI=1S/C20H26N2O2.ClH/c1-23-17-9-7-16(8-10-17)11-13-22-14-12-21-15-19(22)18-5-3-4-6-20(18)24-2;/h3-10,19,21H,11-15H2,1-2H3;1H. The molecular formula is C20H27ClN2O2. The number of hydrogen-bond acceptors (Lipinski definition) is 4. The van der Waals surface area contributed by atoms with E-state index in [0.717, 1.165) is 44.1 Å². The Bertz CT molecular complexity index is 648. The number of hydrogen-bond donors (Lipinski definition) is 1. The van der Waals surface area contributed by atoms with E-state index in [2.05, 4.69) is 34.5 Å². The Kier molecular flexibility index (Phi) is 7.56. The Morgan fingerprint density at radius 1 is 1.04 bits per heavy atom. The monoisotopic (exact) mass is 362 g/mol. The molecule has 3 rings (SSSR count). The topological polar surface area (TPSA) is 33.7 Å². The summed E-state index contributed by atoms with van der Waals surface area (Å²) in [4.78, 5) is 2.55. The van der Waals surface area contributed by atoms with E-state index in [9.17, 15) is 0 Å². The molecule has 0 radical (unpaired) electrons. The van der Waals surface area contributed by atoms with Crippen LogP contribution in [0.2, 0.25) is 0 Å². The summed E-state index contributed by atoms with van der Waals surface area (Å²) < 4.78 is 10.8. The fourth-order valence-electron chi connectivity index (χ4n) is 3.33. The lowest BCUT2D eigenvalue weighted by Gasteiger charge is -2.37. The first-order chi connectivity index (χ1) is 11.8. The predicted octanol–water partition coefficient (Wildman–Crippen LogP) is 3.31. The van der Waals surface area contributed by atoms with Crippen LogP contribution in [-0.2, 0) is 6.42 Å². The number of halogens is 1. The van der Waals surface area contributed by atoms with Crippen LogP contribution in [0.3, 0.4) is 0 Å². The maximum absolute atomic E-state index is 5.57. The van der Waals surface area contributed by atoms with Crippen LogP contribution < -0.4 is 14.8 Å². The quantitative estimate of drug-likeness (QED) is 0.854. The van der Waals surface area contributed by atoms with Gasteiger partial charge < -0.3 is 14.8 Å². The van der Waals surface area contributed by atoms with Crippen LogP contribution in [0.4, 0.5) is 0 Å². The minimum Gasteiger partial charge on any atom is -0.497 e. The lowest BCUT2D eigenvalue weighted by molar-refractivity contribution is 0.161.